The summed E-state index contributed by atoms with van der Waals surface area (Å²) in [5.41, 5.74) is 1.02. The van der Waals surface area contributed by atoms with Gasteiger partial charge in [0.2, 0.25) is 0 Å². The van der Waals surface area contributed by atoms with Crippen LogP contribution in [0.2, 0.25) is 0 Å². The van der Waals surface area contributed by atoms with Gasteiger partial charge in [-0.1, -0.05) is 0 Å². The lowest BCUT2D eigenvalue weighted by atomic mass is 9.99. The van der Waals surface area contributed by atoms with Crippen molar-refractivity contribution in [1.29, 1.82) is 0 Å². The fourth-order valence-electron chi connectivity index (χ4n) is 4.69. The smallest absolute Gasteiger partial charge is 0.256 e. The molecule has 2 aliphatic rings. The van der Waals surface area contributed by atoms with E-state index < -0.39 is 36.1 Å². The van der Waals surface area contributed by atoms with Crippen molar-refractivity contribution in [3.8, 4) is 16.9 Å². The molecule has 4 aromatic rings. The van der Waals surface area contributed by atoms with E-state index >= 15 is 8.78 Å². The Bertz CT molecular complexity index is 1550. The van der Waals surface area contributed by atoms with Crippen molar-refractivity contribution in [2.45, 2.75) is 32.0 Å². The number of carbonyl (C=O) groups excluding carboxylic acids is 1. The molecule has 2 aromatic heterocycles. The maximum absolute atomic E-state index is 15.4. The van der Waals surface area contributed by atoms with Crippen LogP contribution in [0.3, 0.4) is 0 Å². The number of carbonyl (C=O) groups is 1. The summed E-state index contributed by atoms with van der Waals surface area (Å²) in [4.78, 5) is 17.6. The van der Waals surface area contributed by atoms with Gasteiger partial charge in [0.25, 0.3) is 5.91 Å². The number of aromatic nitrogens is 3. The third kappa shape index (κ3) is 3.99. The maximum Gasteiger partial charge on any atom is 0.256 e. The third-order valence-electron chi connectivity index (χ3n) is 6.49. The summed E-state index contributed by atoms with van der Waals surface area (Å²) in [7, 11) is 1.76. The number of amides is 1. The zero-order valence-electron chi connectivity index (χ0n) is 21.5. The van der Waals surface area contributed by atoms with Crippen LogP contribution in [0.25, 0.3) is 22.0 Å². The summed E-state index contributed by atoms with van der Waals surface area (Å²) in [5, 5.41) is 5.15. The Labute approximate surface area is 209 Å². The van der Waals surface area contributed by atoms with E-state index in [-0.39, 0.29) is 22.9 Å². The van der Waals surface area contributed by atoms with E-state index in [1.165, 1.54) is 30.5 Å². The fraction of sp³-hybridized carbons (Fsp3) is 0.296. The molecule has 2 aromatic carbocycles. The van der Waals surface area contributed by atoms with Gasteiger partial charge in [0.05, 0.1) is 33.1 Å². The van der Waals surface area contributed by atoms with Crippen LogP contribution in [0.4, 0.5) is 8.78 Å². The molecule has 184 valence electrons. The SMILES string of the molecule is [2H]C1([2H])c2ncccc2C(=O)N1Cc1c(F)cc(-c2ccc(OCC3CCCO3)c3nn(C)cc23)cc1F. The van der Waals surface area contributed by atoms with E-state index in [0.717, 1.165) is 24.3 Å². The van der Waals surface area contributed by atoms with Gasteiger partial charge in [-0.25, -0.2) is 8.78 Å². The highest BCUT2D eigenvalue weighted by atomic mass is 19.1. The molecule has 6 rings (SSSR count). The Morgan fingerprint density at radius 3 is 2.81 bits per heavy atom. The predicted molar refractivity (Wildman–Crippen MR) is 128 cm³/mol. The number of ether oxygens (including phenoxy) is 2. The first-order valence-electron chi connectivity index (χ1n) is 12.7. The second-order valence-electron chi connectivity index (χ2n) is 8.94. The Morgan fingerprint density at radius 1 is 1.22 bits per heavy atom. The highest BCUT2D eigenvalue weighted by molar-refractivity contribution is 5.98. The molecule has 1 fully saturated rings. The Hall–Kier alpha value is -3.85. The molecule has 2 aliphatic heterocycles. The van der Waals surface area contributed by atoms with Gasteiger partial charge in [0, 0.05) is 37.0 Å². The minimum Gasteiger partial charge on any atom is -0.489 e. The number of hydrogen-bond acceptors (Lipinski definition) is 5. The van der Waals surface area contributed by atoms with Gasteiger partial charge in [-0.05, 0) is 60.4 Å². The molecular formula is C27H24F2N4O3. The first kappa shape index (κ1) is 20.4. The van der Waals surface area contributed by atoms with Crippen molar-refractivity contribution >= 4 is 16.8 Å². The van der Waals surface area contributed by atoms with E-state index in [1.807, 2.05) is 0 Å². The molecule has 9 heteroatoms. The van der Waals surface area contributed by atoms with Gasteiger partial charge in [-0.3, -0.25) is 14.5 Å². The molecule has 1 unspecified atom stereocenters. The molecule has 36 heavy (non-hydrogen) atoms. The van der Waals surface area contributed by atoms with Crippen molar-refractivity contribution in [1.82, 2.24) is 19.7 Å². The Morgan fingerprint density at radius 2 is 2.06 bits per heavy atom. The van der Waals surface area contributed by atoms with Crippen molar-refractivity contribution in [3.05, 3.63) is 77.2 Å². The normalized spacial score (nSPS) is 19.5. The number of halogens is 2. The quantitative estimate of drug-likeness (QED) is 0.393. The van der Waals surface area contributed by atoms with E-state index in [0.29, 0.717) is 28.8 Å². The van der Waals surface area contributed by atoms with Crippen LogP contribution in [-0.4, -0.2) is 44.9 Å². The van der Waals surface area contributed by atoms with E-state index in [4.69, 9.17) is 12.2 Å². The number of pyridine rings is 1. The van der Waals surface area contributed by atoms with Gasteiger partial charge >= 0.3 is 0 Å². The molecule has 4 heterocycles. The molecule has 0 aliphatic carbocycles. The molecule has 0 N–H and O–H groups in total. The number of aryl methyl sites for hydroxylation is 1. The number of benzene rings is 2. The largest absolute Gasteiger partial charge is 0.489 e. The maximum atomic E-state index is 15.4. The molecule has 1 saturated heterocycles. The average Bonchev–Trinajstić information content (AvgIpc) is 3.59. The molecule has 1 atom stereocenters. The first-order valence-corrected chi connectivity index (χ1v) is 11.7. The van der Waals surface area contributed by atoms with Crippen molar-refractivity contribution < 1.29 is 25.8 Å². The van der Waals surface area contributed by atoms with Crippen LogP contribution in [-0.2, 0) is 24.8 Å². The lowest BCUT2D eigenvalue weighted by Gasteiger charge is -2.17. The van der Waals surface area contributed by atoms with E-state index in [2.05, 4.69) is 10.1 Å². The van der Waals surface area contributed by atoms with Crippen LogP contribution in [0.15, 0.2) is 48.8 Å². The molecule has 0 bridgehead atoms. The van der Waals surface area contributed by atoms with Crippen LogP contribution >= 0.6 is 0 Å². The van der Waals surface area contributed by atoms with Crippen LogP contribution in [0, 0.1) is 11.6 Å². The minimum atomic E-state index is -2.30. The topological polar surface area (TPSA) is 69.5 Å². The van der Waals surface area contributed by atoms with E-state index in [9.17, 15) is 4.79 Å². The van der Waals surface area contributed by atoms with Crippen LogP contribution in [0.1, 0.15) is 37.2 Å². The van der Waals surface area contributed by atoms with Gasteiger partial charge in [-0.15, -0.1) is 0 Å². The van der Waals surface area contributed by atoms with Crippen LogP contribution < -0.4 is 4.74 Å². The minimum absolute atomic E-state index is 0.0291. The summed E-state index contributed by atoms with van der Waals surface area (Å²) < 4.78 is 60.7. The van der Waals surface area contributed by atoms with Crippen molar-refractivity contribution in [3.63, 3.8) is 0 Å². The van der Waals surface area contributed by atoms with Gasteiger partial charge in [0.1, 0.15) is 29.5 Å². The number of nitrogens with zero attached hydrogens (tertiary/aromatic N) is 4. The van der Waals surface area contributed by atoms with Crippen LogP contribution in [0.5, 0.6) is 5.75 Å². The van der Waals surface area contributed by atoms with Crippen molar-refractivity contribution in [2.24, 2.45) is 7.05 Å². The Balaban J connectivity index is 1.32. The summed E-state index contributed by atoms with van der Waals surface area (Å²) in [5.74, 6) is -1.89. The lowest BCUT2D eigenvalue weighted by Crippen LogP contribution is -2.24. The van der Waals surface area contributed by atoms with Crippen molar-refractivity contribution in [2.75, 3.05) is 13.2 Å². The predicted octanol–water partition coefficient (Wildman–Crippen LogP) is 4.63. The lowest BCUT2D eigenvalue weighted by molar-refractivity contribution is 0.0684. The average molecular weight is 493 g/mol. The standard InChI is InChI=1S/C27H24F2N4O3/c1-32-12-20-18(6-7-25(26(20)31-32)36-15-17-4-3-9-35-17)16-10-22(28)21(23(29)11-16)13-33-14-24-19(27(33)34)5-2-8-30-24/h2,5-8,10-12,17H,3-4,9,13-15H2,1H3/i14D2. The third-order valence-corrected chi connectivity index (χ3v) is 6.49. The molecular weight excluding hydrogens is 466 g/mol. The highest BCUT2D eigenvalue weighted by Gasteiger charge is 2.30. The summed E-state index contributed by atoms with van der Waals surface area (Å²) >= 11 is 0. The second kappa shape index (κ2) is 8.98. The van der Waals surface area contributed by atoms with Gasteiger partial charge in [-0.2, -0.15) is 5.10 Å². The highest BCUT2D eigenvalue weighted by Crippen LogP contribution is 2.36. The number of fused-ring (bicyclic) bond motifs is 2. The molecule has 7 nitrogen and oxygen atoms in total. The van der Waals surface area contributed by atoms with Gasteiger partial charge in [0.15, 0.2) is 0 Å². The Kier molecular flexibility index (Phi) is 5.08. The monoisotopic (exact) mass is 492 g/mol. The zero-order chi connectivity index (χ0) is 26.6. The molecule has 0 saturated carbocycles. The van der Waals surface area contributed by atoms with Gasteiger partial charge < -0.3 is 14.4 Å². The number of hydrogen-bond donors (Lipinski definition) is 0. The molecule has 1 amide bonds. The number of rotatable bonds is 6. The summed E-state index contributed by atoms with van der Waals surface area (Å²) in [6.45, 7) is -1.77. The van der Waals surface area contributed by atoms with E-state index in [1.54, 1.807) is 30.1 Å². The molecule has 0 spiro atoms. The second-order valence-corrected chi connectivity index (χ2v) is 8.94. The fourth-order valence-corrected chi connectivity index (χ4v) is 4.69. The zero-order valence-corrected chi connectivity index (χ0v) is 19.5. The summed E-state index contributed by atoms with van der Waals surface area (Å²) in [6, 6.07) is 8.80. The first-order chi connectivity index (χ1) is 18.2. The summed E-state index contributed by atoms with van der Waals surface area (Å²) in [6.07, 6.45) is 5.10. The molecule has 0 radical (unpaired) electrons.